The largest absolute Gasteiger partial charge is 0.469 e. The van der Waals surface area contributed by atoms with Gasteiger partial charge in [0.1, 0.15) is 0 Å². The fourth-order valence-corrected chi connectivity index (χ4v) is 2.78. The number of carbonyl (C=O) groups excluding carboxylic acids is 1. The Morgan fingerprint density at radius 1 is 1.33 bits per heavy atom. The molecule has 15 heavy (non-hydrogen) atoms. The molecule has 0 bridgehead atoms. The fourth-order valence-electron chi connectivity index (χ4n) is 1.16. The third-order valence-corrected chi connectivity index (χ3v) is 3.83. The van der Waals surface area contributed by atoms with E-state index in [-0.39, 0.29) is 11.5 Å². The summed E-state index contributed by atoms with van der Waals surface area (Å²) in [6.07, 6.45) is 0.451. The Labute approximate surface area is 90.7 Å². The molecule has 0 rings (SSSR count). The number of rotatable bonds is 7. The number of hydrogen-bond acceptors (Lipinski definition) is 5. The van der Waals surface area contributed by atoms with Gasteiger partial charge in [0.25, 0.3) is 0 Å². The molecule has 0 aliphatic rings. The van der Waals surface area contributed by atoms with Crippen LogP contribution in [0.25, 0.3) is 0 Å². The van der Waals surface area contributed by atoms with Crippen LogP contribution < -0.4 is 0 Å². The van der Waals surface area contributed by atoms with Gasteiger partial charge in [0.05, 0.1) is 24.5 Å². The van der Waals surface area contributed by atoms with Crippen molar-refractivity contribution in [3.63, 3.8) is 0 Å². The summed E-state index contributed by atoms with van der Waals surface area (Å²) in [7, 11) is -0.425. The van der Waals surface area contributed by atoms with Gasteiger partial charge in [-0.05, 0) is 6.42 Å². The quantitative estimate of drug-likeness (QED) is 0.469. The topological polar surface area (TPSA) is 69.7 Å². The van der Waals surface area contributed by atoms with E-state index in [0.29, 0.717) is 13.0 Å². The highest BCUT2D eigenvalue weighted by Gasteiger charge is 2.21. The van der Waals surface area contributed by atoms with E-state index >= 15 is 0 Å². The molecule has 90 valence electrons. The van der Waals surface area contributed by atoms with Crippen molar-refractivity contribution in [2.75, 3.05) is 32.3 Å². The summed E-state index contributed by atoms with van der Waals surface area (Å²) in [5.41, 5.74) is 0. The molecule has 0 fully saturated rings. The lowest BCUT2D eigenvalue weighted by Gasteiger charge is -2.09. The Kier molecular flexibility index (Phi) is 6.51. The van der Waals surface area contributed by atoms with Crippen LogP contribution in [0.3, 0.4) is 0 Å². The summed E-state index contributed by atoms with van der Waals surface area (Å²) < 4.78 is 32.2. The molecule has 1 atom stereocenters. The summed E-state index contributed by atoms with van der Waals surface area (Å²) in [6, 6.07) is 0. The average molecular weight is 238 g/mol. The minimum atomic E-state index is -3.19. The zero-order valence-corrected chi connectivity index (χ0v) is 10.2. The predicted molar refractivity (Wildman–Crippen MR) is 56.3 cm³/mol. The van der Waals surface area contributed by atoms with Gasteiger partial charge in [-0.25, -0.2) is 8.42 Å². The van der Waals surface area contributed by atoms with Crippen molar-refractivity contribution in [3.8, 4) is 0 Å². The van der Waals surface area contributed by atoms with Crippen molar-refractivity contribution < 1.29 is 22.7 Å². The molecule has 0 heterocycles. The summed E-state index contributed by atoms with van der Waals surface area (Å²) in [6.45, 7) is 1.95. The SMILES string of the molecule is COCCCS(=O)(=O)CC(C)C(=O)OC. The van der Waals surface area contributed by atoms with E-state index in [4.69, 9.17) is 4.74 Å². The average Bonchev–Trinajstić information content (AvgIpc) is 2.16. The summed E-state index contributed by atoms with van der Waals surface area (Å²) in [5, 5.41) is 0. The van der Waals surface area contributed by atoms with Crippen LogP contribution in [0.15, 0.2) is 0 Å². The van der Waals surface area contributed by atoms with Crippen LogP contribution in [0.4, 0.5) is 0 Å². The molecule has 0 radical (unpaired) electrons. The normalized spacial score (nSPS) is 13.5. The van der Waals surface area contributed by atoms with Gasteiger partial charge in [-0.2, -0.15) is 0 Å². The van der Waals surface area contributed by atoms with Crippen LogP contribution in [0, 0.1) is 5.92 Å². The molecule has 5 nitrogen and oxygen atoms in total. The van der Waals surface area contributed by atoms with E-state index in [9.17, 15) is 13.2 Å². The Hall–Kier alpha value is -0.620. The van der Waals surface area contributed by atoms with Gasteiger partial charge in [0, 0.05) is 13.7 Å². The van der Waals surface area contributed by atoms with E-state index < -0.39 is 21.7 Å². The molecule has 6 heteroatoms. The molecule has 0 aromatic rings. The maximum atomic E-state index is 11.5. The second-order valence-corrected chi connectivity index (χ2v) is 5.61. The molecule has 0 saturated carbocycles. The highest BCUT2D eigenvalue weighted by molar-refractivity contribution is 7.91. The Morgan fingerprint density at radius 2 is 1.93 bits per heavy atom. The first kappa shape index (κ1) is 14.4. The number of ether oxygens (including phenoxy) is 2. The maximum absolute atomic E-state index is 11.5. The van der Waals surface area contributed by atoms with E-state index in [2.05, 4.69) is 4.74 Å². The van der Waals surface area contributed by atoms with E-state index in [1.807, 2.05) is 0 Å². The lowest BCUT2D eigenvalue weighted by Crippen LogP contribution is -2.24. The molecule has 0 N–H and O–H groups in total. The van der Waals surface area contributed by atoms with Gasteiger partial charge >= 0.3 is 5.97 Å². The molecule has 0 aliphatic carbocycles. The zero-order chi connectivity index (χ0) is 11.9. The van der Waals surface area contributed by atoms with E-state index in [1.54, 1.807) is 6.92 Å². The van der Waals surface area contributed by atoms with Crippen molar-refractivity contribution in [3.05, 3.63) is 0 Å². The number of carbonyl (C=O) groups is 1. The molecule has 0 saturated heterocycles. The lowest BCUT2D eigenvalue weighted by molar-refractivity contribution is -0.144. The van der Waals surface area contributed by atoms with Gasteiger partial charge in [-0.3, -0.25) is 4.79 Å². The fraction of sp³-hybridized carbons (Fsp3) is 0.889. The van der Waals surface area contributed by atoms with Crippen molar-refractivity contribution in [1.29, 1.82) is 0 Å². The Bertz CT molecular complexity index is 283. The van der Waals surface area contributed by atoms with Crippen LogP contribution in [0.2, 0.25) is 0 Å². The Balaban J connectivity index is 4.08. The number of esters is 1. The van der Waals surface area contributed by atoms with Crippen molar-refractivity contribution in [1.82, 2.24) is 0 Å². The number of hydrogen-bond donors (Lipinski definition) is 0. The second-order valence-electron chi connectivity index (χ2n) is 3.38. The van der Waals surface area contributed by atoms with Gasteiger partial charge < -0.3 is 9.47 Å². The van der Waals surface area contributed by atoms with Crippen molar-refractivity contribution in [2.45, 2.75) is 13.3 Å². The molecule has 0 spiro atoms. The first-order valence-corrected chi connectivity index (χ1v) is 6.52. The molecule has 0 amide bonds. The van der Waals surface area contributed by atoms with E-state index in [1.165, 1.54) is 14.2 Å². The lowest BCUT2D eigenvalue weighted by atomic mass is 10.2. The number of sulfone groups is 1. The van der Waals surface area contributed by atoms with Crippen LogP contribution in [0.5, 0.6) is 0 Å². The molecular formula is C9H18O5S. The van der Waals surface area contributed by atoms with Gasteiger partial charge in [0.2, 0.25) is 0 Å². The monoisotopic (exact) mass is 238 g/mol. The predicted octanol–water partition coefficient (Wildman–Crippen LogP) is 0.247. The van der Waals surface area contributed by atoms with Crippen LogP contribution in [-0.2, 0) is 24.1 Å². The molecule has 0 aromatic heterocycles. The minimum absolute atomic E-state index is 0.0438. The summed E-state index contributed by atoms with van der Waals surface area (Å²) in [4.78, 5) is 11.0. The molecule has 0 aliphatic heterocycles. The molecule has 0 aromatic carbocycles. The Morgan fingerprint density at radius 3 is 2.40 bits per heavy atom. The second kappa shape index (κ2) is 6.79. The first-order valence-electron chi connectivity index (χ1n) is 4.70. The summed E-state index contributed by atoms with van der Waals surface area (Å²) >= 11 is 0. The molecule has 1 unspecified atom stereocenters. The van der Waals surface area contributed by atoms with Gasteiger partial charge in [-0.15, -0.1) is 0 Å². The van der Waals surface area contributed by atoms with Gasteiger partial charge in [0.15, 0.2) is 9.84 Å². The van der Waals surface area contributed by atoms with Crippen LogP contribution in [-0.4, -0.2) is 46.7 Å². The highest BCUT2D eigenvalue weighted by Crippen LogP contribution is 2.05. The van der Waals surface area contributed by atoms with Crippen molar-refractivity contribution >= 4 is 15.8 Å². The third kappa shape index (κ3) is 6.46. The third-order valence-electron chi connectivity index (χ3n) is 1.91. The molecular weight excluding hydrogens is 220 g/mol. The number of methoxy groups -OCH3 is 2. The smallest absolute Gasteiger partial charge is 0.309 e. The van der Waals surface area contributed by atoms with Crippen LogP contribution >= 0.6 is 0 Å². The summed E-state index contributed by atoms with van der Waals surface area (Å²) in [5.74, 6) is -1.22. The van der Waals surface area contributed by atoms with E-state index in [0.717, 1.165) is 0 Å². The van der Waals surface area contributed by atoms with Crippen LogP contribution in [0.1, 0.15) is 13.3 Å². The zero-order valence-electron chi connectivity index (χ0n) is 9.36. The first-order chi connectivity index (χ1) is 6.93. The van der Waals surface area contributed by atoms with Gasteiger partial charge in [-0.1, -0.05) is 6.92 Å². The minimum Gasteiger partial charge on any atom is -0.469 e. The standard InChI is InChI=1S/C9H18O5S/c1-8(9(10)14-3)7-15(11,12)6-4-5-13-2/h8H,4-7H2,1-3H3. The maximum Gasteiger partial charge on any atom is 0.309 e. The van der Waals surface area contributed by atoms with Crippen molar-refractivity contribution in [2.24, 2.45) is 5.92 Å². The highest BCUT2D eigenvalue weighted by atomic mass is 32.2.